The van der Waals surface area contributed by atoms with Gasteiger partial charge in [0, 0.05) is 0 Å². The molecule has 1 N–H and O–H groups in total. The normalized spacial score (nSPS) is 15.0. The Labute approximate surface area is 198 Å². The summed E-state index contributed by atoms with van der Waals surface area (Å²) >= 11 is 0. The van der Waals surface area contributed by atoms with Gasteiger partial charge in [-0.15, -0.1) is 10.3 Å². The maximum absolute atomic E-state index is 9.89. The van der Waals surface area contributed by atoms with E-state index >= 15 is 0 Å². The van der Waals surface area contributed by atoms with Crippen LogP contribution in [0.15, 0.2) is 48.9 Å². The molecule has 1 atom stereocenters. The van der Waals surface area contributed by atoms with Gasteiger partial charge in [0.05, 0.1) is 12.4 Å². The van der Waals surface area contributed by atoms with E-state index in [0.29, 0.717) is 0 Å². The maximum Gasteiger partial charge on any atom is 0.106 e. The van der Waals surface area contributed by atoms with E-state index in [1.165, 1.54) is 95.1 Å². The van der Waals surface area contributed by atoms with E-state index in [1.807, 2.05) is 6.08 Å². The molecule has 0 aromatic heterocycles. The van der Waals surface area contributed by atoms with Crippen molar-refractivity contribution in [3.63, 3.8) is 0 Å². The molecule has 0 amide bonds. The third-order valence-electron chi connectivity index (χ3n) is 5.88. The Morgan fingerprint density at radius 2 is 1.28 bits per heavy atom. The van der Waals surface area contributed by atoms with E-state index in [2.05, 4.69) is 38.2 Å². The fraction of sp³-hybridized carbons (Fsp3) is 0.714. The molecule has 4 heteroatoms. The lowest BCUT2D eigenvalue weighted by Crippen LogP contribution is -2.36. The minimum absolute atomic E-state index is 0.0516. The van der Waals surface area contributed by atoms with Gasteiger partial charge in [-0.25, -0.2) is 4.84 Å². The topological polar surface area (TPSA) is 35.9 Å². The molecule has 32 heavy (non-hydrogen) atoms. The smallest absolute Gasteiger partial charge is 0.106 e. The van der Waals surface area contributed by atoms with Crippen molar-refractivity contribution in [3.05, 3.63) is 48.9 Å². The third-order valence-corrected chi connectivity index (χ3v) is 5.88. The summed E-state index contributed by atoms with van der Waals surface area (Å²) < 4.78 is 0. The fourth-order valence-electron chi connectivity index (χ4n) is 3.85. The second-order valence-corrected chi connectivity index (χ2v) is 8.94. The van der Waals surface area contributed by atoms with Crippen LogP contribution >= 0.6 is 0 Å². The molecule has 4 nitrogen and oxygen atoms in total. The van der Waals surface area contributed by atoms with Crippen molar-refractivity contribution in [2.75, 3.05) is 0 Å². The van der Waals surface area contributed by atoms with Gasteiger partial charge in [0.15, 0.2) is 0 Å². The van der Waals surface area contributed by atoms with Crippen LogP contribution in [0.5, 0.6) is 0 Å². The average molecular weight is 447 g/mol. The van der Waals surface area contributed by atoms with Crippen LogP contribution in [0.2, 0.25) is 0 Å². The van der Waals surface area contributed by atoms with Gasteiger partial charge in [-0.3, -0.25) is 5.21 Å². The molecule has 0 aliphatic carbocycles. The molecule has 184 valence electrons. The Morgan fingerprint density at radius 1 is 0.719 bits per heavy atom. The van der Waals surface area contributed by atoms with Gasteiger partial charge in [-0.05, 0) is 31.4 Å². The van der Waals surface area contributed by atoms with E-state index in [1.54, 1.807) is 18.5 Å². The zero-order valence-corrected chi connectivity index (χ0v) is 21.0. The molecule has 0 aromatic rings. The third kappa shape index (κ3) is 16.2. The van der Waals surface area contributed by atoms with Gasteiger partial charge < -0.3 is 0 Å². The first-order valence-electron chi connectivity index (χ1n) is 13.4. The van der Waals surface area contributed by atoms with Crippen molar-refractivity contribution < 1.29 is 10.0 Å². The molecule has 0 fully saturated rings. The van der Waals surface area contributed by atoms with E-state index in [4.69, 9.17) is 4.84 Å². The van der Waals surface area contributed by atoms with Crippen LogP contribution in [0.4, 0.5) is 0 Å². The number of hydrogen-bond donors (Lipinski definition) is 1. The van der Waals surface area contributed by atoms with Crippen molar-refractivity contribution >= 4 is 0 Å². The van der Waals surface area contributed by atoms with Crippen molar-refractivity contribution in [2.24, 2.45) is 0 Å². The highest BCUT2D eigenvalue weighted by Crippen LogP contribution is 2.15. The molecule has 0 saturated carbocycles. The van der Waals surface area contributed by atoms with E-state index in [9.17, 15) is 5.21 Å². The van der Waals surface area contributed by atoms with Gasteiger partial charge >= 0.3 is 0 Å². The molecule has 0 saturated heterocycles. The number of nitrogens with zero attached hydrogens (tertiary/aromatic N) is 2. The Bertz CT molecular complexity index is 528. The Balaban J connectivity index is 2.15. The predicted octanol–water partition coefficient (Wildman–Crippen LogP) is 9.02. The maximum atomic E-state index is 9.89. The number of hydrazine groups is 1. The van der Waals surface area contributed by atoms with Crippen LogP contribution in [0, 0.1) is 0 Å². The first-order chi connectivity index (χ1) is 15.8. The zero-order chi connectivity index (χ0) is 23.1. The second-order valence-electron chi connectivity index (χ2n) is 8.94. The summed E-state index contributed by atoms with van der Waals surface area (Å²) in [5, 5.41) is 12.2. The lowest BCUT2D eigenvalue weighted by Gasteiger charge is -2.30. The molecule has 1 aliphatic rings. The van der Waals surface area contributed by atoms with E-state index < -0.39 is 0 Å². The van der Waals surface area contributed by atoms with Crippen molar-refractivity contribution in [1.82, 2.24) is 10.3 Å². The Morgan fingerprint density at radius 3 is 1.91 bits per heavy atom. The molecule has 0 radical (unpaired) electrons. The number of allylic oxidation sites excluding steroid dienone is 5. The summed E-state index contributed by atoms with van der Waals surface area (Å²) in [7, 11) is 0. The molecule has 0 bridgehead atoms. The highest BCUT2D eigenvalue weighted by atomic mass is 16.8. The van der Waals surface area contributed by atoms with Crippen molar-refractivity contribution in [2.45, 2.75) is 129 Å². The van der Waals surface area contributed by atoms with Crippen LogP contribution in [-0.4, -0.2) is 21.7 Å². The minimum Gasteiger partial charge on any atom is -0.267 e. The zero-order valence-electron chi connectivity index (χ0n) is 21.0. The van der Waals surface area contributed by atoms with Crippen LogP contribution in [0.3, 0.4) is 0 Å². The molecule has 1 heterocycles. The first-order valence-corrected chi connectivity index (χ1v) is 13.4. The Kier molecular flexibility index (Phi) is 19.0. The summed E-state index contributed by atoms with van der Waals surface area (Å²) in [5.74, 6) is 0. The fourth-order valence-corrected chi connectivity index (χ4v) is 3.85. The number of hydrogen-bond acceptors (Lipinski definition) is 4. The molecule has 1 rings (SSSR count). The number of unbranched alkanes of at least 4 members (excludes halogenated alkanes) is 14. The SMILES string of the molecule is CCCCCCCCCCCCCC=CC=CC(CCCCCC)ON1C=CC=CN1O. The minimum atomic E-state index is -0.0516. The number of rotatable bonds is 21. The van der Waals surface area contributed by atoms with Gasteiger partial charge in [0.25, 0.3) is 0 Å². The Hall–Kier alpha value is -1.52. The molecule has 1 unspecified atom stereocenters. The van der Waals surface area contributed by atoms with E-state index in [-0.39, 0.29) is 6.10 Å². The van der Waals surface area contributed by atoms with Gasteiger partial charge in [0.1, 0.15) is 6.10 Å². The quantitative estimate of drug-likeness (QED) is 0.141. The van der Waals surface area contributed by atoms with Crippen LogP contribution in [-0.2, 0) is 4.84 Å². The average Bonchev–Trinajstić information content (AvgIpc) is 2.80. The molecule has 0 spiro atoms. The van der Waals surface area contributed by atoms with E-state index in [0.717, 1.165) is 24.4 Å². The van der Waals surface area contributed by atoms with Gasteiger partial charge in [0.2, 0.25) is 0 Å². The molecule has 0 aromatic carbocycles. The number of hydroxylamine groups is 2. The summed E-state index contributed by atoms with van der Waals surface area (Å²) in [5.41, 5.74) is 0. The first kappa shape index (κ1) is 28.5. The lowest BCUT2D eigenvalue weighted by atomic mass is 10.1. The van der Waals surface area contributed by atoms with Crippen LogP contribution in [0.1, 0.15) is 123 Å². The summed E-state index contributed by atoms with van der Waals surface area (Å²) in [6.45, 7) is 4.51. The van der Waals surface area contributed by atoms with Gasteiger partial charge in [-0.1, -0.05) is 128 Å². The van der Waals surface area contributed by atoms with Gasteiger partial charge in [-0.2, -0.15) is 0 Å². The second kappa shape index (κ2) is 21.3. The summed E-state index contributed by atoms with van der Waals surface area (Å²) in [6, 6.07) is 0. The highest BCUT2D eigenvalue weighted by Gasteiger charge is 2.14. The standard InChI is InChI=1S/C28H50N2O2/c1-3-5-7-9-10-11-12-13-14-15-16-17-18-19-21-25-28(24-20-8-6-4-2)32-30-27-23-22-26-29(30)31/h18-19,21-23,25-28,31H,3-17,20,24H2,1-2H3. The van der Waals surface area contributed by atoms with Crippen LogP contribution < -0.4 is 0 Å². The van der Waals surface area contributed by atoms with Crippen molar-refractivity contribution in [3.8, 4) is 0 Å². The highest BCUT2D eigenvalue weighted by molar-refractivity contribution is 5.06. The lowest BCUT2D eigenvalue weighted by molar-refractivity contribution is -0.349. The van der Waals surface area contributed by atoms with Crippen molar-refractivity contribution in [1.29, 1.82) is 0 Å². The molecular formula is C28H50N2O2. The summed E-state index contributed by atoms with van der Waals surface area (Å²) in [4.78, 5) is 5.95. The molecular weight excluding hydrogens is 396 g/mol. The largest absolute Gasteiger partial charge is 0.267 e. The summed E-state index contributed by atoms with van der Waals surface area (Å²) in [6.07, 6.45) is 37.6. The van der Waals surface area contributed by atoms with Crippen LogP contribution in [0.25, 0.3) is 0 Å². The molecule has 1 aliphatic heterocycles. The predicted molar refractivity (Wildman–Crippen MR) is 137 cm³/mol. The monoisotopic (exact) mass is 446 g/mol.